The Balaban J connectivity index is 1.47. The molecule has 2 aromatic carbocycles. The second-order valence-corrected chi connectivity index (χ2v) is 8.54. The van der Waals surface area contributed by atoms with E-state index in [0.717, 1.165) is 12.1 Å². The molecule has 0 atom stereocenters. The van der Waals surface area contributed by atoms with Gasteiger partial charge in [-0.2, -0.15) is 0 Å². The second-order valence-electron chi connectivity index (χ2n) is 7.14. The number of carboxylic acid groups (broad SMARTS) is 1. The van der Waals surface area contributed by atoms with Crippen molar-refractivity contribution < 1.29 is 37.5 Å². The number of nitrogens with zero attached hydrogens (tertiary/aromatic N) is 1. The Hall–Kier alpha value is -3.96. The fourth-order valence-corrected chi connectivity index (χ4v) is 4.13. The average Bonchev–Trinajstić information content (AvgIpc) is 3.36. The van der Waals surface area contributed by atoms with Gasteiger partial charge in [0.05, 0.1) is 21.2 Å². The topological polar surface area (TPSA) is 117 Å². The number of nitrogens with one attached hydrogen (secondary N) is 1. The first-order valence-electron chi connectivity index (χ1n) is 9.75. The Bertz CT molecular complexity index is 1420. The number of carboxylic acids is 1. The maximum atomic E-state index is 13.7. The lowest BCUT2D eigenvalue weighted by molar-refractivity contribution is -0.127. The zero-order valence-corrected chi connectivity index (χ0v) is 19.0. The predicted octanol–water partition coefficient (Wildman–Crippen LogP) is 5.25. The summed E-state index contributed by atoms with van der Waals surface area (Å²) >= 11 is 6.46. The number of anilines is 1. The summed E-state index contributed by atoms with van der Waals surface area (Å²) in [5, 5.41) is 10.7. The Morgan fingerprint density at radius 3 is 2.60 bits per heavy atom. The first-order valence-corrected chi connectivity index (χ1v) is 10.9. The molecule has 2 heterocycles. The van der Waals surface area contributed by atoms with E-state index in [1.807, 2.05) is 0 Å². The molecule has 3 aromatic rings. The standard InChI is InChI=1S/C23H13ClF2N2O6S/c24-15-4-1-11(7-14(15)22(31)32)18-6-3-13(34-18)9-19-21(30)28(23(33)35-19)10-20(29)27-17-5-2-12(25)8-16(17)26/h1-9H,10H2,(H,27,29)(H,31,32)/b19-9+. The third-order valence-electron chi connectivity index (χ3n) is 4.76. The van der Waals surface area contributed by atoms with E-state index in [1.165, 1.54) is 24.3 Å². The summed E-state index contributed by atoms with van der Waals surface area (Å²) in [6.07, 6.45) is 1.31. The lowest BCUT2D eigenvalue weighted by atomic mass is 10.1. The molecule has 4 rings (SSSR count). The van der Waals surface area contributed by atoms with Crippen molar-refractivity contribution >= 4 is 58.1 Å². The number of hydrogen-bond donors (Lipinski definition) is 2. The molecule has 0 spiro atoms. The molecular formula is C23H13ClF2N2O6S. The van der Waals surface area contributed by atoms with E-state index in [2.05, 4.69) is 5.32 Å². The van der Waals surface area contributed by atoms with Gasteiger partial charge in [0.15, 0.2) is 0 Å². The number of aromatic carboxylic acids is 1. The van der Waals surface area contributed by atoms with Crippen LogP contribution in [0.5, 0.6) is 0 Å². The van der Waals surface area contributed by atoms with Crippen LogP contribution >= 0.6 is 23.4 Å². The second kappa shape index (κ2) is 9.72. The van der Waals surface area contributed by atoms with Gasteiger partial charge >= 0.3 is 5.97 Å². The van der Waals surface area contributed by atoms with Crippen LogP contribution in [0.4, 0.5) is 19.3 Å². The minimum absolute atomic E-state index is 0.0148. The highest BCUT2D eigenvalue weighted by Gasteiger charge is 2.36. The molecule has 1 aromatic heterocycles. The average molecular weight is 519 g/mol. The lowest BCUT2D eigenvalue weighted by Gasteiger charge is -2.12. The van der Waals surface area contributed by atoms with Gasteiger partial charge in [-0.15, -0.1) is 0 Å². The van der Waals surface area contributed by atoms with Gasteiger partial charge in [-0.25, -0.2) is 13.6 Å². The van der Waals surface area contributed by atoms with Crippen molar-refractivity contribution in [2.45, 2.75) is 0 Å². The maximum Gasteiger partial charge on any atom is 0.337 e. The third kappa shape index (κ3) is 5.26. The highest BCUT2D eigenvalue weighted by atomic mass is 35.5. The molecule has 1 fully saturated rings. The first-order chi connectivity index (χ1) is 16.6. The van der Waals surface area contributed by atoms with E-state index >= 15 is 0 Å². The molecule has 0 bridgehead atoms. The fraction of sp³-hybridized carbons (Fsp3) is 0.0435. The van der Waals surface area contributed by atoms with Crippen LogP contribution in [-0.2, 0) is 9.59 Å². The van der Waals surface area contributed by atoms with Crippen molar-refractivity contribution in [3.63, 3.8) is 0 Å². The summed E-state index contributed by atoms with van der Waals surface area (Å²) in [4.78, 5) is 49.1. The Kier molecular flexibility index (Phi) is 6.72. The molecule has 2 N–H and O–H groups in total. The number of carbonyl (C=O) groups is 4. The predicted molar refractivity (Wildman–Crippen MR) is 124 cm³/mol. The maximum absolute atomic E-state index is 13.7. The van der Waals surface area contributed by atoms with Gasteiger partial charge in [0.2, 0.25) is 5.91 Å². The zero-order valence-electron chi connectivity index (χ0n) is 17.4. The molecule has 3 amide bonds. The molecular weight excluding hydrogens is 506 g/mol. The normalized spacial score (nSPS) is 14.6. The van der Waals surface area contributed by atoms with Crippen molar-refractivity contribution in [1.29, 1.82) is 0 Å². The van der Waals surface area contributed by atoms with Crippen LogP contribution in [0.1, 0.15) is 16.1 Å². The molecule has 8 nitrogen and oxygen atoms in total. The van der Waals surface area contributed by atoms with Crippen LogP contribution in [0.25, 0.3) is 17.4 Å². The number of halogens is 3. The van der Waals surface area contributed by atoms with Crippen molar-refractivity contribution in [3.8, 4) is 11.3 Å². The summed E-state index contributed by atoms with van der Waals surface area (Å²) in [6.45, 7) is -0.676. The van der Waals surface area contributed by atoms with Gasteiger partial charge in [0.1, 0.15) is 29.7 Å². The number of carbonyl (C=O) groups excluding carboxylic acids is 3. The molecule has 0 radical (unpaired) electrons. The molecule has 0 aliphatic carbocycles. The van der Waals surface area contributed by atoms with E-state index in [0.29, 0.717) is 34.1 Å². The molecule has 1 saturated heterocycles. The van der Waals surface area contributed by atoms with Crippen LogP contribution in [0.15, 0.2) is 57.9 Å². The molecule has 178 valence electrons. The van der Waals surface area contributed by atoms with Crippen molar-refractivity contribution in [2.24, 2.45) is 0 Å². The smallest absolute Gasteiger partial charge is 0.337 e. The lowest BCUT2D eigenvalue weighted by Crippen LogP contribution is -2.36. The first kappa shape index (κ1) is 24.2. The summed E-state index contributed by atoms with van der Waals surface area (Å²) in [5.41, 5.74) is 0.0292. The molecule has 0 unspecified atom stereocenters. The van der Waals surface area contributed by atoms with Crippen molar-refractivity contribution in [3.05, 3.63) is 81.4 Å². The quantitative estimate of drug-likeness (QED) is 0.428. The van der Waals surface area contributed by atoms with Gasteiger partial charge in [-0.3, -0.25) is 19.3 Å². The number of benzene rings is 2. The Morgan fingerprint density at radius 1 is 1.11 bits per heavy atom. The number of furan rings is 1. The van der Waals surface area contributed by atoms with E-state index in [4.69, 9.17) is 16.0 Å². The number of imide groups is 1. The van der Waals surface area contributed by atoms with E-state index in [1.54, 1.807) is 12.1 Å². The molecule has 12 heteroatoms. The Labute approximate surface area is 205 Å². The molecule has 0 saturated carbocycles. The molecule has 35 heavy (non-hydrogen) atoms. The fourth-order valence-electron chi connectivity index (χ4n) is 3.12. The molecule has 1 aliphatic heterocycles. The Morgan fingerprint density at radius 2 is 1.89 bits per heavy atom. The number of rotatable bonds is 6. The monoisotopic (exact) mass is 518 g/mol. The summed E-state index contributed by atoms with van der Waals surface area (Å²) in [6, 6.07) is 9.94. The van der Waals surface area contributed by atoms with Gasteiger partial charge in [-0.1, -0.05) is 11.6 Å². The molecule has 1 aliphatic rings. The van der Waals surface area contributed by atoms with Crippen LogP contribution in [0.2, 0.25) is 5.02 Å². The SMILES string of the molecule is O=C(CN1C(=O)S/C(=C/c2ccc(-c3ccc(Cl)c(C(=O)O)c3)o2)C1=O)Nc1ccc(F)cc1F. The largest absolute Gasteiger partial charge is 0.478 e. The van der Waals surface area contributed by atoms with E-state index in [9.17, 15) is 33.1 Å². The van der Waals surface area contributed by atoms with Crippen molar-refractivity contribution in [1.82, 2.24) is 4.90 Å². The summed E-state index contributed by atoms with van der Waals surface area (Å²) in [7, 11) is 0. The summed E-state index contributed by atoms with van der Waals surface area (Å²) in [5.74, 6) is -4.13. The van der Waals surface area contributed by atoms with Crippen LogP contribution < -0.4 is 5.32 Å². The number of amides is 3. The minimum atomic E-state index is -1.21. The zero-order chi connectivity index (χ0) is 25.3. The van der Waals surface area contributed by atoms with Crippen LogP contribution in [0.3, 0.4) is 0 Å². The van der Waals surface area contributed by atoms with E-state index < -0.39 is 41.2 Å². The van der Waals surface area contributed by atoms with Gasteiger partial charge in [0.25, 0.3) is 11.1 Å². The van der Waals surface area contributed by atoms with Gasteiger partial charge < -0.3 is 14.8 Å². The highest BCUT2D eigenvalue weighted by Crippen LogP contribution is 2.34. The minimum Gasteiger partial charge on any atom is -0.478 e. The number of hydrogen-bond acceptors (Lipinski definition) is 6. The highest BCUT2D eigenvalue weighted by molar-refractivity contribution is 8.18. The van der Waals surface area contributed by atoms with E-state index in [-0.39, 0.29) is 26.9 Å². The number of thioether (sulfide) groups is 1. The van der Waals surface area contributed by atoms with Crippen LogP contribution in [0, 0.1) is 11.6 Å². The van der Waals surface area contributed by atoms with Gasteiger partial charge in [-0.05, 0) is 54.2 Å². The van der Waals surface area contributed by atoms with Crippen LogP contribution in [-0.4, -0.2) is 39.6 Å². The summed E-state index contributed by atoms with van der Waals surface area (Å²) < 4.78 is 32.4. The van der Waals surface area contributed by atoms with Gasteiger partial charge in [0, 0.05) is 17.7 Å². The third-order valence-corrected chi connectivity index (χ3v) is 6.00. The van der Waals surface area contributed by atoms with Crippen molar-refractivity contribution in [2.75, 3.05) is 11.9 Å².